The number of sulfonamides is 1. The third-order valence-electron chi connectivity index (χ3n) is 4.67. The van der Waals surface area contributed by atoms with Crippen molar-refractivity contribution in [2.75, 3.05) is 13.1 Å². The van der Waals surface area contributed by atoms with Gasteiger partial charge in [0.15, 0.2) is 0 Å². The van der Waals surface area contributed by atoms with Crippen LogP contribution in [0.2, 0.25) is 0 Å². The maximum absolute atomic E-state index is 12.5. The standard InChI is InChI=1S/C17H24N2O3S2/c1-17(9-3-2-4-10-17)18-15(20)13-14-7-8-16(23-14)24(21,22)19-11-5-6-12-19/h2-3,7-8H,4-6,9-13H2,1H3,(H,18,20). The molecule has 0 aromatic carbocycles. The van der Waals surface area contributed by atoms with Gasteiger partial charge < -0.3 is 5.32 Å². The minimum absolute atomic E-state index is 0.0419. The van der Waals surface area contributed by atoms with E-state index in [0.29, 0.717) is 17.3 Å². The molecule has 0 bridgehead atoms. The Morgan fingerprint density at radius 2 is 2.04 bits per heavy atom. The van der Waals surface area contributed by atoms with Gasteiger partial charge in [0.25, 0.3) is 10.0 Å². The summed E-state index contributed by atoms with van der Waals surface area (Å²) in [5.41, 5.74) is -0.187. The minimum atomic E-state index is -3.38. The summed E-state index contributed by atoms with van der Waals surface area (Å²) in [6.07, 6.45) is 9.09. The quantitative estimate of drug-likeness (QED) is 0.813. The Labute approximate surface area is 147 Å². The van der Waals surface area contributed by atoms with E-state index >= 15 is 0 Å². The van der Waals surface area contributed by atoms with E-state index in [1.807, 2.05) is 0 Å². The molecule has 1 unspecified atom stereocenters. The zero-order valence-corrected chi connectivity index (χ0v) is 15.6. The van der Waals surface area contributed by atoms with Crippen molar-refractivity contribution in [1.82, 2.24) is 9.62 Å². The SMILES string of the molecule is CC1(NC(=O)Cc2ccc(S(=O)(=O)N3CCCC3)s2)CC=CCC1. The average Bonchev–Trinajstić information content (AvgIpc) is 3.19. The van der Waals surface area contributed by atoms with Crippen LogP contribution < -0.4 is 5.32 Å². The second-order valence-electron chi connectivity index (χ2n) is 6.83. The molecule has 1 aromatic rings. The summed E-state index contributed by atoms with van der Waals surface area (Å²) in [5, 5.41) is 3.10. The van der Waals surface area contributed by atoms with E-state index in [4.69, 9.17) is 0 Å². The predicted octanol–water partition coefficient (Wildman–Crippen LogP) is 2.69. The van der Waals surface area contributed by atoms with Gasteiger partial charge in [-0.05, 0) is 51.2 Å². The maximum atomic E-state index is 12.5. The van der Waals surface area contributed by atoms with Crippen LogP contribution in [0.5, 0.6) is 0 Å². The molecule has 1 aromatic heterocycles. The lowest BCUT2D eigenvalue weighted by atomic mass is 9.87. The van der Waals surface area contributed by atoms with Gasteiger partial charge in [-0.1, -0.05) is 12.2 Å². The smallest absolute Gasteiger partial charge is 0.252 e. The van der Waals surface area contributed by atoms with Crippen LogP contribution in [0.4, 0.5) is 0 Å². The van der Waals surface area contributed by atoms with E-state index in [9.17, 15) is 13.2 Å². The molecule has 132 valence electrons. The van der Waals surface area contributed by atoms with Crippen molar-refractivity contribution in [3.63, 3.8) is 0 Å². The highest BCUT2D eigenvalue weighted by Crippen LogP contribution is 2.28. The van der Waals surface area contributed by atoms with Crippen LogP contribution in [0.3, 0.4) is 0 Å². The molecule has 0 saturated carbocycles. The van der Waals surface area contributed by atoms with E-state index in [0.717, 1.165) is 37.0 Å². The van der Waals surface area contributed by atoms with Gasteiger partial charge in [0.05, 0.1) is 6.42 Å². The number of thiophene rings is 1. The van der Waals surface area contributed by atoms with Crippen LogP contribution in [0.1, 0.15) is 43.9 Å². The largest absolute Gasteiger partial charge is 0.350 e. The summed E-state index contributed by atoms with van der Waals surface area (Å²) in [4.78, 5) is 13.1. The molecule has 24 heavy (non-hydrogen) atoms. The summed E-state index contributed by atoms with van der Waals surface area (Å²) in [7, 11) is -3.38. The fourth-order valence-electron chi connectivity index (χ4n) is 3.27. The molecule has 1 atom stereocenters. The zero-order chi connectivity index (χ0) is 17.2. The summed E-state index contributed by atoms with van der Waals surface area (Å²) in [6, 6.07) is 3.39. The third kappa shape index (κ3) is 3.90. The molecule has 0 spiro atoms. The van der Waals surface area contributed by atoms with Crippen LogP contribution in [0.25, 0.3) is 0 Å². The molecular formula is C17H24N2O3S2. The van der Waals surface area contributed by atoms with Crippen LogP contribution in [0.15, 0.2) is 28.5 Å². The number of nitrogens with zero attached hydrogens (tertiary/aromatic N) is 1. The number of amides is 1. The number of nitrogens with one attached hydrogen (secondary N) is 1. The second-order valence-corrected chi connectivity index (χ2v) is 10.2. The Bertz CT molecular complexity index is 733. The Hall–Kier alpha value is -1.18. The summed E-state index contributed by atoms with van der Waals surface area (Å²) >= 11 is 1.21. The van der Waals surface area contributed by atoms with Crippen molar-refractivity contribution in [1.29, 1.82) is 0 Å². The van der Waals surface area contributed by atoms with Crippen LogP contribution >= 0.6 is 11.3 Å². The number of allylic oxidation sites excluding steroid dienone is 1. The van der Waals surface area contributed by atoms with E-state index < -0.39 is 10.0 Å². The molecular weight excluding hydrogens is 344 g/mol. The van der Waals surface area contributed by atoms with Gasteiger partial charge in [-0.3, -0.25) is 4.79 Å². The highest BCUT2D eigenvalue weighted by atomic mass is 32.2. The Morgan fingerprint density at radius 1 is 1.29 bits per heavy atom. The molecule has 3 rings (SSSR count). The molecule has 5 nitrogen and oxygen atoms in total. The van der Waals surface area contributed by atoms with Crippen molar-refractivity contribution in [3.05, 3.63) is 29.2 Å². The van der Waals surface area contributed by atoms with Crippen LogP contribution in [-0.4, -0.2) is 37.3 Å². The van der Waals surface area contributed by atoms with E-state index in [1.54, 1.807) is 12.1 Å². The van der Waals surface area contributed by atoms with Crippen molar-refractivity contribution >= 4 is 27.3 Å². The van der Waals surface area contributed by atoms with Crippen molar-refractivity contribution in [3.8, 4) is 0 Å². The molecule has 0 radical (unpaired) electrons. The molecule has 2 aliphatic rings. The van der Waals surface area contributed by atoms with E-state index in [-0.39, 0.29) is 17.9 Å². The molecule has 1 aliphatic carbocycles. The normalized spacial score (nSPS) is 25.0. The molecule has 2 heterocycles. The summed E-state index contributed by atoms with van der Waals surface area (Å²) < 4.78 is 26.9. The van der Waals surface area contributed by atoms with Crippen molar-refractivity contribution in [2.24, 2.45) is 0 Å². The Kier molecular flexibility index (Phi) is 5.13. The van der Waals surface area contributed by atoms with E-state index in [1.165, 1.54) is 15.6 Å². The van der Waals surface area contributed by atoms with Gasteiger partial charge in [-0.25, -0.2) is 8.42 Å². The lowest BCUT2D eigenvalue weighted by molar-refractivity contribution is -0.122. The van der Waals surface area contributed by atoms with Gasteiger partial charge in [-0.15, -0.1) is 11.3 Å². The first-order valence-corrected chi connectivity index (χ1v) is 10.7. The van der Waals surface area contributed by atoms with Crippen LogP contribution in [-0.2, 0) is 21.2 Å². The number of carbonyl (C=O) groups is 1. The first-order chi connectivity index (χ1) is 11.4. The molecule has 1 N–H and O–H groups in total. The van der Waals surface area contributed by atoms with Gasteiger partial charge >= 0.3 is 0 Å². The summed E-state index contributed by atoms with van der Waals surface area (Å²) in [5.74, 6) is -0.0419. The highest BCUT2D eigenvalue weighted by molar-refractivity contribution is 7.91. The van der Waals surface area contributed by atoms with E-state index in [2.05, 4.69) is 24.4 Å². The minimum Gasteiger partial charge on any atom is -0.350 e. The fraction of sp³-hybridized carbons (Fsp3) is 0.588. The lowest BCUT2D eigenvalue weighted by Crippen LogP contribution is -2.46. The van der Waals surface area contributed by atoms with Gasteiger partial charge in [-0.2, -0.15) is 4.31 Å². The molecule has 1 aliphatic heterocycles. The molecule has 1 saturated heterocycles. The fourth-order valence-corrected chi connectivity index (χ4v) is 6.29. The monoisotopic (exact) mass is 368 g/mol. The Morgan fingerprint density at radius 3 is 2.71 bits per heavy atom. The Balaban J connectivity index is 1.63. The predicted molar refractivity (Wildman–Crippen MR) is 95.6 cm³/mol. The first kappa shape index (κ1) is 17.6. The number of hydrogen-bond donors (Lipinski definition) is 1. The van der Waals surface area contributed by atoms with Crippen LogP contribution in [0, 0.1) is 0 Å². The third-order valence-corrected chi connectivity index (χ3v) is 8.12. The number of rotatable bonds is 5. The maximum Gasteiger partial charge on any atom is 0.252 e. The highest BCUT2D eigenvalue weighted by Gasteiger charge is 2.29. The lowest BCUT2D eigenvalue weighted by Gasteiger charge is -2.31. The topological polar surface area (TPSA) is 66.5 Å². The molecule has 1 fully saturated rings. The number of carbonyl (C=O) groups excluding carboxylic acids is 1. The zero-order valence-electron chi connectivity index (χ0n) is 14.0. The first-order valence-electron chi connectivity index (χ1n) is 8.44. The average molecular weight is 369 g/mol. The summed E-state index contributed by atoms with van der Waals surface area (Å²) in [6.45, 7) is 3.26. The van der Waals surface area contributed by atoms with Gasteiger partial charge in [0.2, 0.25) is 5.91 Å². The van der Waals surface area contributed by atoms with Crippen molar-refractivity contribution < 1.29 is 13.2 Å². The van der Waals surface area contributed by atoms with Gasteiger partial charge in [0, 0.05) is 23.5 Å². The molecule has 7 heteroatoms. The van der Waals surface area contributed by atoms with Gasteiger partial charge in [0.1, 0.15) is 4.21 Å². The molecule has 1 amide bonds. The second kappa shape index (κ2) is 6.98. The number of hydrogen-bond acceptors (Lipinski definition) is 4. The van der Waals surface area contributed by atoms with Crippen molar-refractivity contribution in [2.45, 2.75) is 55.2 Å².